The van der Waals surface area contributed by atoms with Gasteiger partial charge in [-0.05, 0) is 64.1 Å². The lowest BCUT2D eigenvalue weighted by molar-refractivity contribution is 0.0504. The van der Waals surface area contributed by atoms with Crippen molar-refractivity contribution in [3.8, 4) is 11.3 Å². The first-order chi connectivity index (χ1) is 13.7. The topological polar surface area (TPSA) is 80.3 Å². The smallest absolute Gasteiger partial charge is 0.407 e. The molecular weight excluding hydrogens is 386 g/mol. The lowest BCUT2D eigenvalue weighted by Crippen LogP contribution is -2.54. The van der Waals surface area contributed by atoms with Crippen LogP contribution in [0.5, 0.6) is 0 Å². The van der Waals surface area contributed by atoms with Crippen LogP contribution in [-0.4, -0.2) is 34.7 Å². The Balaban J connectivity index is 1.69. The van der Waals surface area contributed by atoms with Gasteiger partial charge in [0.25, 0.3) is 5.91 Å². The Morgan fingerprint density at radius 2 is 1.93 bits per heavy atom. The molecule has 0 bridgehead atoms. The van der Waals surface area contributed by atoms with E-state index in [0.29, 0.717) is 17.8 Å². The van der Waals surface area contributed by atoms with Gasteiger partial charge in [0.15, 0.2) is 0 Å². The Morgan fingerprint density at radius 1 is 1.21 bits per heavy atom. The van der Waals surface area contributed by atoms with Crippen molar-refractivity contribution in [3.63, 3.8) is 0 Å². The van der Waals surface area contributed by atoms with Crippen LogP contribution >= 0.6 is 11.3 Å². The van der Waals surface area contributed by atoms with E-state index in [1.165, 1.54) is 0 Å². The van der Waals surface area contributed by atoms with E-state index in [9.17, 15) is 9.59 Å². The minimum absolute atomic E-state index is 0.153. The fourth-order valence-electron chi connectivity index (χ4n) is 3.63. The Labute approximate surface area is 176 Å². The summed E-state index contributed by atoms with van der Waals surface area (Å²) in [6.45, 7) is 7.69. The van der Waals surface area contributed by atoms with Crippen molar-refractivity contribution >= 4 is 23.3 Å². The number of alkyl carbamates (subject to hydrolysis) is 1. The zero-order valence-corrected chi connectivity index (χ0v) is 18.3. The maximum Gasteiger partial charge on any atom is 0.407 e. The molecule has 0 aromatic carbocycles. The van der Waals surface area contributed by atoms with Gasteiger partial charge in [-0.25, -0.2) is 4.79 Å². The van der Waals surface area contributed by atoms with Gasteiger partial charge in [0, 0.05) is 17.5 Å². The molecule has 0 spiro atoms. The SMILES string of the molecule is Cc1nc(-c2ccsc2)ccc1C(=O)NC1(CNC(=O)OC(C)(C)C)CCCC1. The van der Waals surface area contributed by atoms with Gasteiger partial charge in [-0.1, -0.05) is 12.8 Å². The van der Waals surface area contributed by atoms with Gasteiger partial charge < -0.3 is 15.4 Å². The van der Waals surface area contributed by atoms with Crippen LogP contribution in [0.25, 0.3) is 11.3 Å². The summed E-state index contributed by atoms with van der Waals surface area (Å²) in [4.78, 5) is 29.7. The summed E-state index contributed by atoms with van der Waals surface area (Å²) in [5.74, 6) is -0.153. The zero-order valence-electron chi connectivity index (χ0n) is 17.5. The fourth-order valence-corrected chi connectivity index (χ4v) is 4.28. The van der Waals surface area contributed by atoms with E-state index in [-0.39, 0.29) is 5.91 Å². The van der Waals surface area contributed by atoms with Crippen LogP contribution in [0.2, 0.25) is 0 Å². The molecule has 2 heterocycles. The summed E-state index contributed by atoms with van der Waals surface area (Å²) in [6.07, 6.45) is 3.23. The first-order valence-corrected chi connectivity index (χ1v) is 10.9. The Bertz CT molecular complexity index is 866. The van der Waals surface area contributed by atoms with E-state index >= 15 is 0 Å². The van der Waals surface area contributed by atoms with Crippen molar-refractivity contribution in [1.29, 1.82) is 0 Å². The number of rotatable bonds is 5. The van der Waals surface area contributed by atoms with E-state index in [1.807, 2.05) is 56.7 Å². The van der Waals surface area contributed by atoms with Gasteiger partial charge in [0.1, 0.15) is 5.60 Å². The summed E-state index contributed by atoms with van der Waals surface area (Å²) in [5.41, 5.74) is 2.17. The van der Waals surface area contributed by atoms with E-state index in [4.69, 9.17) is 4.74 Å². The van der Waals surface area contributed by atoms with Gasteiger partial charge in [0.2, 0.25) is 0 Å². The number of hydrogen-bond acceptors (Lipinski definition) is 5. The molecule has 0 radical (unpaired) electrons. The molecule has 1 fully saturated rings. The predicted octanol–water partition coefficient (Wildman–Crippen LogP) is 4.69. The molecule has 2 amide bonds. The van der Waals surface area contributed by atoms with E-state index < -0.39 is 17.2 Å². The Kier molecular flexibility index (Phi) is 6.27. The second kappa shape index (κ2) is 8.53. The number of hydrogen-bond donors (Lipinski definition) is 2. The molecule has 3 rings (SSSR count). The number of ether oxygens (including phenoxy) is 1. The number of aromatic nitrogens is 1. The quantitative estimate of drug-likeness (QED) is 0.743. The maximum atomic E-state index is 13.0. The molecule has 0 unspecified atom stereocenters. The molecule has 0 aliphatic heterocycles. The largest absolute Gasteiger partial charge is 0.444 e. The summed E-state index contributed by atoms with van der Waals surface area (Å²) in [7, 11) is 0. The molecule has 6 nitrogen and oxygen atoms in total. The van der Waals surface area contributed by atoms with Crippen molar-refractivity contribution in [1.82, 2.24) is 15.6 Å². The Hall–Kier alpha value is -2.41. The monoisotopic (exact) mass is 415 g/mol. The number of carbonyl (C=O) groups is 2. The zero-order chi connectivity index (χ0) is 21.1. The van der Waals surface area contributed by atoms with Crippen molar-refractivity contribution in [2.75, 3.05) is 6.54 Å². The van der Waals surface area contributed by atoms with Gasteiger partial charge in [0.05, 0.1) is 22.5 Å². The fraction of sp³-hybridized carbons (Fsp3) is 0.500. The van der Waals surface area contributed by atoms with Crippen LogP contribution < -0.4 is 10.6 Å². The standard InChI is InChI=1S/C22H29N3O3S/c1-15-17(7-8-18(24-15)16-9-12-29-13-16)19(26)25-22(10-5-6-11-22)14-23-20(27)28-21(2,3)4/h7-9,12-13H,5-6,10-11,14H2,1-4H3,(H,23,27)(H,25,26). The van der Waals surface area contributed by atoms with Gasteiger partial charge >= 0.3 is 6.09 Å². The summed E-state index contributed by atoms with van der Waals surface area (Å²) >= 11 is 1.62. The first-order valence-electron chi connectivity index (χ1n) is 9.97. The molecule has 1 aliphatic rings. The Morgan fingerprint density at radius 3 is 2.52 bits per heavy atom. The van der Waals surface area contributed by atoms with Gasteiger partial charge in [-0.3, -0.25) is 9.78 Å². The van der Waals surface area contributed by atoms with Crippen LogP contribution in [0, 0.1) is 6.92 Å². The van der Waals surface area contributed by atoms with Crippen LogP contribution in [0.1, 0.15) is 62.5 Å². The van der Waals surface area contributed by atoms with E-state index in [2.05, 4.69) is 15.6 Å². The molecule has 7 heteroatoms. The number of nitrogens with one attached hydrogen (secondary N) is 2. The second-order valence-corrected chi connectivity index (χ2v) is 9.42. The van der Waals surface area contributed by atoms with Crippen molar-refractivity contribution < 1.29 is 14.3 Å². The highest BCUT2D eigenvalue weighted by molar-refractivity contribution is 7.08. The summed E-state index contributed by atoms with van der Waals surface area (Å²) in [6, 6.07) is 5.72. The molecule has 1 saturated carbocycles. The highest BCUT2D eigenvalue weighted by atomic mass is 32.1. The number of nitrogens with zero attached hydrogens (tertiary/aromatic N) is 1. The molecule has 2 aromatic rings. The van der Waals surface area contributed by atoms with Crippen molar-refractivity contribution in [3.05, 3.63) is 40.2 Å². The van der Waals surface area contributed by atoms with Crippen molar-refractivity contribution in [2.24, 2.45) is 0 Å². The summed E-state index contributed by atoms with van der Waals surface area (Å²) < 4.78 is 5.33. The number of carbonyl (C=O) groups excluding carboxylic acids is 2. The number of pyridine rings is 1. The van der Waals surface area contributed by atoms with Crippen molar-refractivity contribution in [2.45, 2.75) is 64.5 Å². The van der Waals surface area contributed by atoms with E-state index in [0.717, 1.165) is 36.9 Å². The number of amides is 2. The lowest BCUT2D eigenvalue weighted by Gasteiger charge is -2.31. The minimum atomic E-state index is -0.552. The highest BCUT2D eigenvalue weighted by Crippen LogP contribution is 2.30. The van der Waals surface area contributed by atoms with Crippen LogP contribution in [-0.2, 0) is 4.74 Å². The average Bonchev–Trinajstić information content (AvgIpc) is 3.31. The first kappa shape index (κ1) is 21.3. The minimum Gasteiger partial charge on any atom is -0.444 e. The molecule has 0 atom stereocenters. The highest BCUT2D eigenvalue weighted by Gasteiger charge is 2.36. The molecule has 0 saturated heterocycles. The predicted molar refractivity (Wildman–Crippen MR) is 115 cm³/mol. The van der Waals surface area contributed by atoms with Crippen LogP contribution in [0.15, 0.2) is 29.0 Å². The normalized spacial score (nSPS) is 15.7. The summed E-state index contributed by atoms with van der Waals surface area (Å²) in [5, 5.41) is 10.1. The molecule has 2 N–H and O–H groups in total. The maximum absolute atomic E-state index is 13.0. The molecule has 1 aliphatic carbocycles. The van der Waals surface area contributed by atoms with Crippen LogP contribution in [0.3, 0.4) is 0 Å². The molecule has 156 valence electrons. The second-order valence-electron chi connectivity index (χ2n) is 8.64. The average molecular weight is 416 g/mol. The molecular formula is C22H29N3O3S. The van der Waals surface area contributed by atoms with E-state index in [1.54, 1.807) is 11.3 Å². The molecule has 2 aromatic heterocycles. The number of thiophene rings is 1. The van der Waals surface area contributed by atoms with Gasteiger partial charge in [-0.15, -0.1) is 0 Å². The van der Waals surface area contributed by atoms with Crippen LogP contribution in [0.4, 0.5) is 4.79 Å². The van der Waals surface area contributed by atoms with Gasteiger partial charge in [-0.2, -0.15) is 11.3 Å². The third kappa shape index (κ3) is 5.56. The lowest BCUT2D eigenvalue weighted by atomic mass is 9.96. The number of aryl methyl sites for hydroxylation is 1. The third-order valence-electron chi connectivity index (χ3n) is 5.06. The third-order valence-corrected chi connectivity index (χ3v) is 5.74. The molecule has 29 heavy (non-hydrogen) atoms.